The van der Waals surface area contributed by atoms with Crippen molar-refractivity contribution in [1.82, 2.24) is 9.13 Å². The van der Waals surface area contributed by atoms with Crippen LogP contribution in [-0.4, -0.2) is 43.7 Å². The molecule has 6 aliphatic carbocycles. The number of fused-ring (bicyclic) bond motifs is 9. The summed E-state index contributed by atoms with van der Waals surface area (Å²) in [5.41, 5.74) is 2.42. The molecule has 0 saturated heterocycles. The maximum absolute atomic E-state index is 13.5. The summed E-state index contributed by atoms with van der Waals surface area (Å²) < 4.78 is 8.42. The van der Waals surface area contributed by atoms with Gasteiger partial charge < -0.3 is 9.13 Å². The Morgan fingerprint density at radius 2 is 0.854 bits per heavy atom. The first-order valence-electron chi connectivity index (χ1n) is 18.1. The highest BCUT2D eigenvalue weighted by Gasteiger charge is 2.53. The molecule has 0 spiro atoms. The number of aliphatic imine (C=N–C) groups is 2. The van der Waals surface area contributed by atoms with Crippen LogP contribution >= 0.6 is 22.7 Å². The fourth-order valence-corrected chi connectivity index (χ4v) is 13.9. The average Bonchev–Trinajstić information content (AvgIpc) is 3.88. The van der Waals surface area contributed by atoms with Gasteiger partial charge in [-0.25, -0.2) is 9.98 Å². The molecule has 4 aromatic heterocycles. The van der Waals surface area contributed by atoms with E-state index in [0.717, 1.165) is 55.5 Å². The van der Waals surface area contributed by atoms with E-state index in [-0.39, 0.29) is 58.2 Å². The molecule has 0 bridgehead atoms. The molecule has 248 valence electrons. The van der Waals surface area contributed by atoms with Gasteiger partial charge in [0.1, 0.15) is 11.6 Å². The zero-order valence-electron chi connectivity index (χ0n) is 27.5. The van der Waals surface area contributed by atoms with Crippen molar-refractivity contribution >= 4 is 98.7 Å². The van der Waals surface area contributed by atoms with Crippen LogP contribution in [0, 0.1) is 47.3 Å². The van der Waals surface area contributed by atoms with E-state index >= 15 is 0 Å². The Morgan fingerprint density at radius 1 is 0.542 bits per heavy atom. The first-order valence-corrected chi connectivity index (χ1v) is 19.7. The van der Waals surface area contributed by atoms with Crippen LogP contribution in [0.3, 0.4) is 0 Å². The van der Waals surface area contributed by atoms with Crippen LogP contribution in [0.5, 0.6) is 0 Å². The summed E-state index contributed by atoms with van der Waals surface area (Å²) in [6.45, 7) is 0. The van der Waals surface area contributed by atoms with Gasteiger partial charge >= 0.3 is 0 Å². The van der Waals surface area contributed by atoms with Crippen molar-refractivity contribution < 1.29 is 19.2 Å². The van der Waals surface area contributed by atoms with Crippen molar-refractivity contribution in [3.05, 3.63) is 12.1 Å². The first-order chi connectivity index (χ1) is 23.3. The minimum absolute atomic E-state index is 0.0448. The summed E-state index contributed by atoms with van der Waals surface area (Å²) in [5.74, 6) is 2.69. The number of aromatic nitrogens is 2. The maximum atomic E-state index is 13.5. The van der Waals surface area contributed by atoms with Gasteiger partial charge in [0.15, 0.2) is 34.6 Å². The smallest absolute Gasteiger partial charge is 0.188 e. The number of Topliss-reactive ketones (excluding diaryl/α,β-unsaturated/α-hetero) is 4. The zero-order valence-corrected chi connectivity index (χ0v) is 29.1. The molecule has 0 radical (unpaired) electrons. The van der Waals surface area contributed by atoms with Crippen molar-refractivity contribution in [1.29, 1.82) is 0 Å². The fraction of sp³-hybridized carbons (Fsp3) is 0.579. The van der Waals surface area contributed by atoms with Crippen LogP contribution in [0.25, 0.3) is 29.8 Å². The molecule has 8 atom stereocenters. The van der Waals surface area contributed by atoms with Gasteiger partial charge in [0.2, 0.25) is 0 Å². The number of ketones is 4. The molecular weight excluding hydrogens is 641 g/mol. The third kappa shape index (κ3) is 4.11. The number of hydrogen-bond donors (Lipinski definition) is 0. The summed E-state index contributed by atoms with van der Waals surface area (Å²) in [6.07, 6.45) is 13.1. The van der Waals surface area contributed by atoms with E-state index in [1.54, 1.807) is 22.7 Å². The van der Waals surface area contributed by atoms with E-state index in [9.17, 15) is 19.2 Å². The fourth-order valence-electron chi connectivity index (χ4n) is 11.0. The monoisotopic (exact) mass is 680 g/mol. The van der Waals surface area contributed by atoms with E-state index in [1.165, 1.54) is 51.4 Å². The SMILES string of the molecule is Cn1c(N=C2C(=O)C3CC4CCCCC4CC3C2=O)cc2sc3c(sc4cc(N=C5C(=O)C6CC7CCCCC7CC6C5=O)n(C)c43)c21. The molecule has 48 heavy (non-hydrogen) atoms. The molecule has 0 aliphatic heterocycles. The van der Waals surface area contributed by atoms with Crippen LogP contribution < -0.4 is 0 Å². The Kier molecular flexibility index (Phi) is 6.57. The molecule has 4 heterocycles. The number of thiophene rings is 2. The zero-order chi connectivity index (χ0) is 32.6. The molecule has 6 saturated carbocycles. The van der Waals surface area contributed by atoms with E-state index in [4.69, 9.17) is 9.98 Å². The number of rotatable bonds is 2. The summed E-state index contributed by atoms with van der Waals surface area (Å²) in [4.78, 5) is 63.7. The Hall–Kier alpha value is -3.24. The third-order valence-electron chi connectivity index (χ3n) is 13.5. The molecule has 10 rings (SSSR count). The van der Waals surface area contributed by atoms with Crippen LogP contribution in [0.1, 0.15) is 77.0 Å². The minimum Gasteiger partial charge on any atom is -0.327 e. The second-order valence-corrected chi connectivity index (χ2v) is 17.9. The van der Waals surface area contributed by atoms with E-state index in [2.05, 4.69) is 0 Å². The van der Waals surface area contributed by atoms with Crippen LogP contribution in [0.4, 0.5) is 11.6 Å². The average molecular weight is 681 g/mol. The van der Waals surface area contributed by atoms with E-state index in [0.29, 0.717) is 35.3 Å². The Bertz CT molecular complexity index is 1950. The van der Waals surface area contributed by atoms with Crippen LogP contribution in [0.2, 0.25) is 0 Å². The molecule has 8 unspecified atom stereocenters. The Labute approximate surface area is 286 Å². The molecule has 4 aromatic rings. The standard InChI is InChI=1S/C38H40N4O4S2/c1-41-27(39-29-33(43)21-11-17-7-3-4-8-18(17)12-22(21)34(29)44)15-25-31(41)37-38(47-25)32-26(48-37)16-28(42(32)2)40-30-35(45)23-13-19-9-5-6-10-20(19)14-24(23)36(30)46/h15-24H,3-14H2,1-2H3. The van der Waals surface area contributed by atoms with Crippen molar-refractivity contribution in [2.24, 2.45) is 71.4 Å². The lowest BCUT2D eigenvalue weighted by Crippen LogP contribution is -2.35. The molecular formula is C38H40N4O4S2. The van der Waals surface area contributed by atoms with E-state index in [1.807, 2.05) is 35.4 Å². The molecule has 6 fully saturated rings. The van der Waals surface area contributed by atoms with Gasteiger partial charge in [-0.3, -0.25) is 19.2 Å². The molecule has 6 aliphatic rings. The molecule has 0 N–H and O–H groups in total. The number of carbonyl (C=O) groups excluding carboxylic acids is 4. The van der Waals surface area contributed by atoms with Gasteiger partial charge in [0.25, 0.3) is 0 Å². The second kappa shape index (κ2) is 10.6. The first kappa shape index (κ1) is 29.7. The predicted octanol–water partition coefficient (Wildman–Crippen LogP) is 8.06. The molecule has 8 nitrogen and oxygen atoms in total. The minimum atomic E-state index is -0.188. The van der Waals surface area contributed by atoms with Crippen LogP contribution in [-0.2, 0) is 33.3 Å². The van der Waals surface area contributed by atoms with Crippen molar-refractivity contribution in [3.63, 3.8) is 0 Å². The Balaban J connectivity index is 0.971. The maximum Gasteiger partial charge on any atom is 0.188 e. The summed E-state index contributed by atoms with van der Waals surface area (Å²) in [5, 5.41) is 0. The van der Waals surface area contributed by atoms with Gasteiger partial charge in [-0.2, -0.15) is 0 Å². The summed E-state index contributed by atoms with van der Waals surface area (Å²) in [6, 6.07) is 4.01. The number of nitrogens with zero attached hydrogens (tertiary/aromatic N) is 4. The van der Waals surface area contributed by atoms with Crippen molar-refractivity contribution in [3.8, 4) is 0 Å². The van der Waals surface area contributed by atoms with E-state index < -0.39 is 0 Å². The second-order valence-electron chi connectivity index (χ2n) is 15.8. The van der Waals surface area contributed by atoms with Gasteiger partial charge in [0, 0.05) is 49.9 Å². The van der Waals surface area contributed by atoms with Crippen molar-refractivity contribution in [2.75, 3.05) is 0 Å². The summed E-state index contributed by atoms with van der Waals surface area (Å²) in [7, 11) is 3.93. The lowest BCUT2D eigenvalue weighted by atomic mass is 9.64. The Morgan fingerprint density at radius 3 is 1.17 bits per heavy atom. The lowest BCUT2D eigenvalue weighted by Gasteiger charge is -2.39. The highest BCUT2D eigenvalue weighted by atomic mass is 32.1. The number of hydrogen-bond acceptors (Lipinski definition) is 8. The summed E-state index contributed by atoms with van der Waals surface area (Å²) >= 11 is 3.34. The molecule has 10 heteroatoms. The topological polar surface area (TPSA) is 103 Å². The predicted molar refractivity (Wildman–Crippen MR) is 190 cm³/mol. The number of aryl methyl sites for hydroxylation is 2. The quantitative estimate of drug-likeness (QED) is 0.214. The van der Waals surface area contributed by atoms with Gasteiger partial charge in [-0.05, 0) is 49.4 Å². The lowest BCUT2D eigenvalue weighted by molar-refractivity contribution is -0.123. The normalized spacial score (nSPS) is 33.5. The van der Waals surface area contributed by atoms with Crippen LogP contribution in [0.15, 0.2) is 22.1 Å². The van der Waals surface area contributed by atoms with Gasteiger partial charge in [-0.1, -0.05) is 51.4 Å². The third-order valence-corrected chi connectivity index (χ3v) is 15.9. The van der Waals surface area contributed by atoms with Crippen molar-refractivity contribution in [2.45, 2.75) is 77.0 Å². The largest absolute Gasteiger partial charge is 0.327 e. The molecule has 0 amide bonds. The van der Waals surface area contributed by atoms with Gasteiger partial charge in [0.05, 0.1) is 29.8 Å². The highest BCUT2D eigenvalue weighted by Crippen LogP contribution is 2.51. The highest BCUT2D eigenvalue weighted by molar-refractivity contribution is 7.36. The molecule has 0 aromatic carbocycles. The van der Waals surface area contributed by atoms with Gasteiger partial charge in [-0.15, -0.1) is 22.7 Å². The number of carbonyl (C=O) groups is 4.